The number of hydrogen-bond acceptors (Lipinski definition) is 6. The van der Waals surface area contributed by atoms with Crippen LogP contribution in [0.1, 0.15) is 44.9 Å². The van der Waals surface area contributed by atoms with E-state index in [2.05, 4.69) is 16.1 Å². The number of hydrogen-bond donors (Lipinski definition) is 0. The highest BCUT2D eigenvalue weighted by atomic mass is 16.5. The van der Waals surface area contributed by atoms with Crippen LogP contribution in [0.15, 0.2) is 10.2 Å². The Morgan fingerprint density at radius 3 is 2.64 bits per heavy atom. The molecule has 7 heteroatoms. The molecule has 0 aliphatic carbocycles. The average Bonchev–Trinajstić information content (AvgIpc) is 3.33. The number of amides is 1. The first-order valence-electron chi connectivity index (χ1n) is 8.88. The van der Waals surface area contributed by atoms with E-state index >= 15 is 0 Å². The summed E-state index contributed by atoms with van der Waals surface area (Å²) in [6, 6.07) is 0. The number of nitrogens with zero attached hydrogens (tertiary/aromatic N) is 3. The van der Waals surface area contributed by atoms with E-state index in [-0.39, 0.29) is 23.3 Å². The molecule has 0 aromatic rings. The number of carbonyl (C=O) groups is 2. The maximum atomic E-state index is 12.9. The highest BCUT2D eigenvalue weighted by Crippen LogP contribution is 2.43. The molecule has 0 aromatic heterocycles. The van der Waals surface area contributed by atoms with Crippen molar-refractivity contribution in [3.05, 3.63) is 0 Å². The largest absolute Gasteiger partial charge is 0.469 e. The Bertz CT molecular complexity index is 598. The molecule has 3 aliphatic rings. The van der Waals surface area contributed by atoms with Gasteiger partial charge in [-0.15, -0.1) is 12.3 Å². The predicted molar refractivity (Wildman–Crippen MR) is 89.5 cm³/mol. The first-order chi connectivity index (χ1) is 12.0. The van der Waals surface area contributed by atoms with Crippen LogP contribution >= 0.6 is 0 Å². The quantitative estimate of drug-likeness (QED) is 0.543. The van der Waals surface area contributed by atoms with Crippen molar-refractivity contribution in [3.63, 3.8) is 0 Å². The van der Waals surface area contributed by atoms with Crippen molar-refractivity contribution < 1.29 is 19.1 Å². The summed E-state index contributed by atoms with van der Waals surface area (Å²) in [5.74, 6) is 2.17. The molecule has 0 radical (unpaired) electrons. The lowest BCUT2D eigenvalue weighted by atomic mass is 9.84. The van der Waals surface area contributed by atoms with Gasteiger partial charge in [0.1, 0.15) is 0 Å². The van der Waals surface area contributed by atoms with Gasteiger partial charge in [0.05, 0.1) is 13.0 Å². The van der Waals surface area contributed by atoms with E-state index in [0.29, 0.717) is 51.9 Å². The highest BCUT2D eigenvalue weighted by molar-refractivity contribution is 5.80. The Kier molecular flexibility index (Phi) is 5.09. The summed E-state index contributed by atoms with van der Waals surface area (Å²) in [5.41, 5.74) is -0.732. The molecule has 1 atom stereocenters. The van der Waals surface area contributed by atoms with Crippen molar-refractivity contribution in [2.45, 2.75) is 56.1 Å². The van der Waals surface area contributed by atoms with E-state index in [0.717, 1.165) is 12.8 Å². The molecule has 2 saturated heterocycles. The Morgan fingerprint density at radius 1 is 1.32 bits per heavy atom. The van der Waals surface area contributed by atoms with Gasteiger partial charge in [0.15, 0.2) is 5.66 Å². The molecule has 3 aliphatic heterocycles. The van der Waals surface area contributed by atoms with Gasteiger partial charge in [0, 0.05) is 51.0 Å². The van der Waals surface area contributed by atoms with Crippen molar-refractivity contribution in [3.8, 4) is 12.3 Å². The van der Waals surface area contributed by atoms with E-state index in [1.165, 1.54) is 7.11 Å². The third-order valence-electron chi connectivity index (χ3n) is 5.65. The Hall–Kier alpha value is -1.94. The molecule has 2 fully saturated rings. The Morgan fingerprint density at radius 2 is 2.04 bits per heavy atom. The third-order valence-corrected chi connectivity index (χ3v) is 5.65. The van der Waals surface area contributed by atoms with Crippen LogP contribution in [-0.2, 0) is 19.1 Å². The molecule has 1 amide bonds. The predicted octanol–water partition coefficient (Wildman–Crippen LogP) is 1.91. The van der Waals surface area contributed by atoms with Crippen LogP contribution in [-0.4, -0.2) is 54.8 Å². The molecular formula is C18H25N3O4. The summed E-state index contributed by atoms with van der Waals surface area (Å²) in [5, 5.41) is 8.19. The van der Waals surface area contributed by atoms with Crippen molar-refractivity contribution >= 4 is 11.9 Å². The van der Waals surface area contributed by atoms with Gasteiger partial charge in [-0.05, 0) is 19.3 Å². The zero-order valence-electron chi connectivity index (χ0n) is 14.7. The van der Waals surface area contributed by atoms with Gasteiger partial charge in [-0.25, -0.2) is 0 Å². The van der Waals surface area contributed by atoms with Crippen LogP contribution in [0.4, 0.5) is 0 Å². The van der Waals surface area contributed by atoms with Gasteiger partial charge in [-0.1, -0.05) is 0 Å². The Labute approximate surface area is 148 Å². The van der Waals surface area contributed by atoms with Crippen LogP contribution in [0.5, 0.6) is 0 Å². The molecule has 7 nitrogen and oxygen atoms in total. The van der Waals surface area contributed by atoms with E-state index in [4.69, 9.17) is 15.9 Å². The minimum absolute atomic E-state index is 0.0608. The fourth-order valence-corrected chi connectivity index (χ4v) is 4.07. The topological polar surface area (TPSA) is 80.6 Å². The highest BCUT2D eigenvalue weighted by Gasteiger charge is 2.51. The number of methoxy groups -OCH3 is 1. The van der Waals surface area contributed by atoms with E-state index in [9.17, 15) is 9.59 Å². The van der Waals surface area contributed by atoms with Crippen molar-refractivity contribution in [1.29, 1.82) is 0 Å². The summed E-state index contributed by atoms with van der Waals surface area (Å²) in [6.07, 6.45) is 9.75. The minimum Gasteiger partial charge on any atom is -0.469 e. The molecule has 1 unspecified atom stereocenters. The fraction of sp³-hybridized carbons (Fsp3) is 0.778. The van der Waals surface area contributed by atoms with Gasteiger partial charge in [0.25, 0.3) is 0 Å². The maximum Gasteiger partial charge on any atom is 0.310 e. The monoisotopic (exact) mass is 347 g/mol. The molecule has 0 N–H and O–H groups in total. The minimum atomic E-state index is -0.452. The number of ether oxygens (including phenoxy) is 2. The molecule has 0 aromatic carbocycles. The van der Waals surface area contributed by atoms with E-state index in [1.807, 2.05) is 4.90 Å². The van der Waals surface area contributed by atoms with Crippen molar-refractivity contribution in [2.24, 2.45) is 16.1 Å². The van der Waals surface area contributed by atoms with Gasteiger partial charge in [-0.2, -0.15) is 10.2 Å². The number of terminal acetylenes is 1. The first kappa shape index (κ1) is 17.9. The van der Waals surface area contributed by atoms with Crippen molar-refractivity contribution in [1.82, 2.24) is 4.90 Å². The normalized spacial score (nSPS) is 25.6. The second-order valence-corrected chi connectivity index (χ2v) is 7.15. The second-order valence-electron chi connectivity index (χ2n) is 7.15. The molecule has 0 bridgehead atoms. The van der Waals surface area contributed by atoms with Crippen LogP contribution in [0.25, 0.3) is 0 Å². The summed E-state index contributed by atoms with van der Waals surface area (Å²) in [6.45, 7) is 1.67. The molecule has 3 rings (SSSR count). The maximum absolute atomic E-state index is 12.9. The zero-order valence-corrected chi connectivity index (χ0v) is 14.7. The standard InChI is InChI=1S/C18H25N3O4/c1-3-4-6-18(19-20-18)7-5-15(22)21-13-14(16(23)24-2)12-17(21)8-10-25-11-9-17/h1,14H,4-13H2,2H3. The number of likely N-dealkylation sites (tertiary alicyclic amines) is 1. The smallest absolute Gasteiger partial charge is 0.310 e. The molecular weight excluding hydrogens is 322 g/mol. The van der Waals surface area contributed by atoms with Gasteiger partial charge in [-0.3, -0.25) is 9.59 Å². The van der Waals surface area contributed by atoms with Crippen LogP contribution in [0, 0.1) is 18.3 Å². The first-order valence-corrected chi connectivity index (χ1v) is 8.88. The summed E-state index contributed by atoms with van der Waals surface area (Å²) in [7, 11) is 1.40. The van der Waals surface area contributed by atoms with E-state index in [1.54, 1.807) is 0 Å². The summed E-state index contributed by atoms with van der Waals surface area (Å²) >= 11 is 0. The third kappa shape index (κ3) is 3.69. The molecule has 136 valence electrons. The lowest BCUT2D eigenvalue weighted by Gasteiger charge is -2.41. The second kappa shape index (κ2) is 7.12. The van der Waals surface area contributed by atoms with Crippen LogP contribution < -0.4 is 0 Å². The molecule has 1 spiro atoms. The lowest BCUT2D eigenvalue weighted by molar-refractivity contribution is -0.145. The average molecular weight is 347 g/mol. The SMILES string of the molecule is C#CCCC1(CCC(=O)N2CC(C(=O)OC)CC23CCOCC3)N=N1. The van der Waals surface area contributed by atoms with E-state index < -0.39 is 5.66 Å². The summed E-state index contributed by atoms with van der Waals surface area (Å²) < 4.78 is 10.4. The van der Waals surface area contributed by atoms with Gasteiger partial charge < -0.3 is 14.4 Å². The fourth-order valence-electron chi connectivity index (χ4n) is 4.07. The molecule has 0 saturated carbocycles. The molecule has 3 heterocycles. The van der Waals surface area contributed by atoms with Crippen LogP contribution in [0.2, 0.25) is 0 Å². The molecule has 25 heavy (non-hydrogen) atoms. The van der Waals surface area contributed by atoms with Crippen molar-refractivity contribution in [2.75, 3.05) is 26.9 Å². The zero-order chi connectivity index (χ0) is 17.9. The van der Waals surface area contributed by atoms with Gasteiger partial charge >= 0.3 is 5.97 Å². The van der Waals surface area contributed by atoms with Gasteiger partial charge in [0.2, 0.25) is 5.91 Å². The number of rotatable bonds is 6. The lowest BCUT2D eigenvalue weighted by Crippen LogP contribution is -2.50. The summed E-state index contributed by atoms with van der Waals surface area (Å²) in [4.78, 5) is 26.8. The number of carbonyl (C=O) groups excluding carboxylic acids is 2. The Balaban J connectivity index is 1.64. The van der Waals surface area contributed by atoms with Crippen LogP contribution in [0.3, 0.4) is 0 Å². The number of esters is 1.